The van der Waals surface area contributed by atoms with Crippen molar-refractivity contribution in [2.45, 2.75) is 26.1 Å². The van der Waals surface area contributed by atoms with Crippen LogP contribution >= 0.6 is 0 Å². The summed E-state index contributed by atoms with van der Waals surface area (Å²) < 4.78 is 40.6. The molecule has 64 valence electrons. The van der Waals surface area contributed by atoms with Gasteiger partial charge in [-0.15, -0.1) is 0 Å². The Morgan fingerprint density at radius 1 is 1.36 bits per heavy atom. The number of alkyl halides is 3. The average Bonchev–Trinajstić information content (AvgIpc) is 2.11. The predicted octanol–water partition coefficient (Wildman–Crippen LogP) is 2.28. The second-order valence-electron chi connectivity index (χ2n) is 2.70. The maximum absolute atomic E-state index is 12.0. The van der Waals surface area contributed by atoms with Crippen LogP contribution in [0.25, 0.3) is 0 Å². The van der Waals surface area contributed by atoms with Gasteiger partial charge in [-0.05, 0) is 25.0 Å². The van der Waals surface area contributed by atoms with Gasteiger partial charge in [0.15, 0.2) is 6.10 Å². The standard InChI is InChI=1S/C7H9F3O/c1-4-3-11-6(5(4)2)7(8,9)10/h6H,3H2,1-2H3. The molecule has 0 aromatic carbocycles. The Kier molecular flexibility index (Phi) is 1.96. The maximum Gasteiger partial charge on any atom is 0.418 e. The van der Waals surface area contributed by atoms with Gasteiger partial charge in [0.1, 0.15) is 0 Å². The lowest BCUT2D eigenvalue weighted by molar-refractivity contribution is -0.199. The number of ether oxygens (including phenoxy) is 1. The van der Waals surface area contributed by atoms with Crippen LogP contribution in [0, 0.1) is 0 Å². The van der Waals surface area contributed by atoms with Crippen LogP contribution in [0.5, 0.6) is 0 Å². The first-order valence-corrected chi connectivity index (χ1v) is 3.27. The van der Waals surface area contributed by atoms with E-state index in [-0.39, 0.29) is 6.61 Å². The molecule has 0 saturated heterocycles. The molecule has 1 atom stereocenters. The fourth-order valence-corrected chi connectivity index (χ4v) is 1.01. The van der Waals surface area contributed by atoms with E-state index in [2.05, 4.69) is 4.74 Å². The van der Waals surface area contributed by atoms with Crippen LogP contribution in [0.3, 0.4) is 0 Å². The van der Waals surface area contributed by atoms with Crippen molar-refractivity contribution >= 4 is 0 Å². The number of hydrogen-bond acceptors (Lipinski definition) is 1. The van der Waals surface area contributed by atoms with Gasteiger partial charge in [-0.25, -0.2) is 0 Å². The molecule has 1 aliphatic heterocycles. The molecule has 0 aromatic rings. The molecule has 0 saturated carbocycles. The minimum Gasteiger partial charge on any atom is -0.360 e. The molecule has 1 rings (SSSR count). The summed E-state index contributed by atoms with van der Waals surface area (Å²) in [5.41, 5.74) is 0.991. The molecule has 0 spiro atoms. The first kappa shape index (κ1) is 8.59. The molecule has 1 heterocycles. The minimum atomic E-state index is -4.25. The molecule has 1 aliphatic rings. The second kappa shape index (κ2) is 2.52. The smallest absolute Gasteiger partial charge is 0.360 e. The fraction of sp³-hybridized carbons (Fsp3) is 0.714. The molecule has 11 heavy (non-hydrogen) atoms. The Morgan fingerprint density at radius 3 is 2.09 bits per heavy atom. The van der Waals surface area contributed by atoms with Crippen LogP contribution in [0.15, 0.2) is 11.1 Å². The van der Waals surface area contributed by atoms with Gasteiger partial charge < -0.3 is 4.74 Å². The van der Waals surface area contributed by atoms with Crippen molar-refractivity contribution in [3.63, 3.8) is 0 Å². The Bertz CT molecular complexity index is 192. The van der Waals surface area contributed by atoms with Gasteiger partial charge in [0, 0.05) is 0 Å². The van der Waals surface area contributed by atoms with Gasteiger partial charge in [-0.3, -0.25) is 0 Å². The third kappa shape index (κ3) is 1.56. The normalized spacial score (nSPS) is 26.5. The van der Waals surface area contributed by atoms with Crippen LogP contribution in [0.2, 0.25) is 0 Å². The maximum atomic E-state index is 12.0. The van der Waals surface area contributed by atoms with Crippen molar-refractivity contribution in [1.82, 2.24) is 0 Å². The van der Waals surface area contributed by atoms with Gasteiger partial charge in [0.05, 0.1) is 6.61 Å². The van der Waals surface area contributed by atoms with E-state index in [0.29, 0.717) is 11.1 Å². The van der Waals surface area contributed by atoms with Crippen LogP contribution < -0.4 is 0 Å². The lowest BCUT2D eigenvalue weighted by atomic mass is 10.1. The third-order valence-corrected chi connectivity index (χ3v) is 1.83. The van der Waals surface area contributed by atoms with Crippen LogP contribution in [0.1, 0.15) is 13.8 Å². The van der Waals surface area contributed by atoms with E-state index in [0.717, 1.165) is 0 Å². The lowest BCUT2D eigenvalue weighted by Gasteiger charge is -2.15. The third-order valence-electron chi connectivity index (χ3n) is 1.83. The molecule has 4 heteroatoms. The topological polar surface area (TPSA) is 9.23 Å². The number of hydrogen-bond donors (Lipinski definition) is 0. The van der Waals surface area contributed by atoms with Gasteiger partial charge >= 0.3 is 6.18 Å². The Labute approximate surface area is 62.8 Å². The van der Waals surface area contributed by atoms with E-state index >= 15 is 0 Å². The molecular weight excluding hydrogens is 157 g/mol. The summed E-state index contributed by atoms with van der Waals surface area (Å²) >= 11 is 0. The molecular formula is C7H9F3O. The Morgan fingerprint density at radius 2 is 1.91 bits per heavy atom. The van der Waals surface area contributed by atoms with Crippen molar-refractivity contribution in [2.24, 2.45) is 0 Å². The summed E-state index contributed by atoms with van der Waals surface area (Å²) in [7, 11) is 0. The van der Waals surface area contributed by atoms with Crippen molar-refractivity contribution in [3.8, 4) is 0 Å². The molecule has 0 N–H and O–H groups in total. The minimum absolute atomic E-state index is 0.107. The van der Waals surface area contributed by atoms with E-state index in [1.807, 2.05) is 0 Å². The summed E-state index contributed by atoms with van der Waals surface area (Å²) in [6.07, 6.45) is -5.91. The van der Waals surface area contributed by atoms with Gasteiger partial charge in [0.25, 0.3) is 0 Å². The number of halogens is 3. The molecule has 1 unspecified atom stereocenters. The summed E-state index contributed by atoms with van der Waals surface area (Å²) in [5.74, 6) is 0. The quantitative estimate of drug-likeness (QED) is 0.501. The zero-order valence-corrected chi connectivity index (χ0v) is 6.33. The highest BCUT2D eigenvalue weighted by Crippen LogP contribution is 2.33. The average molecular weight is 166 g/mol. The van der Waals surface area contributed by atoms with E-state index < -0.39 is 12.3 Å². The summed E-state index contributed by atoms with van der Waals surface area (Å²) in [4.78, 5) is 0. The Hall–Kier alpha value is -0.510. The lowest BCUT2D eigenvalue weighted by Crippen LogP contribution is -2.29. The molecule has 0 amide bonds. The zero-order valence-electron chi connectivity index (χ0n) is 6.33. The summed E-state index contributed by atoms with van der Waals surface area (Å²) in [5, 5.41) is 0. The highest BCUT2D eigenvalue weighted by Gasteiger charge is 2.44. The highest BCUT2D eigenvalue weighted by atomic mass is 19.4. The molecule has 0 aromatic heterocycles. The summed E-state index contributed by atoms with van der Waals surface area (Å²) in [6, 6.07) is 0. The predicted molar refractivity (Wildman–Crippen MR) is 34.2 cm³/mol. The van der Waals surface area contributed by atoms with Crippen molar-refractivity contribution in [3.05, 3.63) is 11.1 Å². The van der Waals surface area contributed by atoms with E-state index in [9.17, 15) is 13.2 Å². The van der Waals surface area contributed by atoms with E-state index in [4.69, 9.17) is 0 Å². The SMILES string of the molecule is CC1=C(C)C(C(F)(F)F)OC1. The number of rotatable bonds is 0. The molecule has 0 radical (unpaired) electrons. The molecule has 0 aliphatic carbocycles. The van der Waals surface area contributed by atoms with Crippen molar-refractivity contribution in [2.75, 3.05) is 6.61 Å². The zero-order chi connectivity index (χ0) is 8.65. The van der Waals surface area contributed by atoms with Gasteiger partial charge in [-0.1, -0.05) is 0 Å². The fourth-order valence-electron chi connectivity index (χ4n) is 1.01. The van der Waals surface area contributed by atoms with E-state index in [1.54, 1.807) is 6.92 Å². The van der Waals surface area contributed by atoms with E-state index in [1.165, 1.54) is 6.92 Å². The van der Waals surface area contributed by atoms with Crippen molar-refractivity contribution in [1.29, 1.82) is 0 Å². The van der Waals surface area contributed by atoms with Gasteiger partial charge in [-0.2, -0.15) is 13.2 Å². The summed E-state index contributed by atoms with van der Waals surface area (Å²) in [6.45, 7) is 3.22. The van der Waals surface area contributed by atoms with Crippen LogP contribution in [-0.2, 0) is 4.74 Å². The first-order chi connectivity index (χ1) is 4.93. The molecule has 0 bridgehead atoms. The van der Waals surface area contributed by atoms with Crippen LogP contribution in [-0.4, -0.2) is 18.9 Å². The monoisotopic (exact) mass is 166 g/mol. The largest absolute Gasteiger partial charge is 0.418 e. The molecule has 0 fully saturated rings. The highest BCUT2D eigenvalue weighted by molar-refractivity contribution is 5.20. The Balaban J connectivity index is 2.79. The first-order valence-electron chi connectivity index (χ1n) is 3.27. The second-order valence-corrected chi connectivity index (χ2v) is 2.70. The molecule has 1 nitrogen and oxygen atoms in total. The van der Waals surface area contributed by atoms with Gasteiger partial charge in [0.2, 0.25) is 0 Å². The van der Waals surface area contributed by atoms with Crippen molar-refractivity contribution < 1.29 is 17.9 Å². The van der Waals surface area contributed by atoms with Crippen LogP contribution in [0.4, 0.5) is 13.2 Å².